The highest BCUT2D eigenvalue weighted by atomic mass is 16.2. The number of carbonyl (C=O) groups is 1. The topological polar surface area (TPSA) is 44.4 Å². The number of hydrogen-bond acceptors (Lipinski definition) is 3. The van der Waals surface area contributed by atoms with Crippen LogP contribution in [0.4, 0.5) is 0 Å². The van der Waals surface area contributed by atoms with Crippen LogP contribution in [0.15, 0.2) is 0 Å². The fraction of sp³-hybridized carbons (Fsp3) is 0.938. The van der Waals surface area contributed by atoms with Crippen LogP contribution in [-0.4, -0.2) is 48.6 Å². The standard InChI is InChI=1S/C16H29N3O/c20-16(18-13-5-2-1-3-6-13)12-19(15-8-9-15)11-14-7-4-10-17-14/h13-15,17H,1-12H2,(H,18,20). The molecule has 114 valence electrons. The molecule has 20 heavy (non-hydrogen) atoms. The van der Waals surface area contributed by atoms with Crippen LogP contribution in [0.1, 0.15) is 57.8 Å². The molecule has 1 aliphatic heterocycles. The SMILES string of the molecule is O=C(CN(CC1CCCN1)C1CC1)NC1CCCCC1. The van der Waals surface area contributed by atoms with E-state index in [0.29, 0.717) is 24.7 Å². The molecular weight excluding hydrogens is 250 g/mol. The highest BCUT2D eigenvalue weighted by Gasteiger charge is 2.32. The van der Waals surface area contributed by atoms with Crippen LogP contribution < -0.4 is 10.6 Å². The van der Waals surface area contributed by atoms with E-state index in [1.807, 2.05) is 0 Å². The molecule has 2 aliphatic carbocycles. The second-order valence-electron chi connectivity index (χ2n) is 6.86. The van der Waals surface area contributed by atoms with E-state index in [1.165, 1.54) is 57.8 Å². The molecule has 1 unspecified atom stereocenters. The van der Waals surface area contributed by atoms with E-state index in [-0.39, 0.29) is 5.91 Å². The third kappa shape index (κ3) is 4.19. The largest absolute Gasteiger partial charge is 0.352 e. The summed E-state index contributed by atoms with van der Waals surface area (Å²) in [5, 5.41) is 6.81. The third-order valence-electron chi connectivity index (χ3n) is 5.00. The molecule has 2 N–H and O–H groups in total. The summed E-state index contributed by atoms with van der Waals surface area (Å²) >= 11 is 0. The highest BCUT2D eigenvalue weighted by molar-refractivity contribution is 5.78. The fourth-order valence-corrected chi connectivity index (χ4v) is 3.68. The van der Waals surface area contributed by atoms with Gasteiger partial charge in [-0.15, -0.1) is 0 Å². The number of rotatable bonds is 6. The normalized spacial score (nSPS) is 27.9. The van der Waals surface area contributed by atoms with Crippen molar-refractivity contribution in [3.8, 4) is 0 Å². The lowest BCUT2D eigenvalue weighted by molar-refractivity contribution is -0.123. The quantitative estimate of drug-likeness (QED) is 0.777. The Labute approximate surface area is 122 Å². The van der Waals surface area contributed by atoms with Gasteiger partial charge in [0, 0.05) is 24.7 Å². The van der Waals surface area contributed by atoms with Crippen molar-refractivity contribution < 1.29 is 4.79 Å². The third-order valence-corrected chi connectivity index (χ3v) is 5.00. The molecular formula is C16H29N3O. The maximum Gasteiger partial charge on any atom is 0.234 e. The zero-order valence-corrected chi connectivity index (χ0v) is 12.6. The van der Waals surface area contributed by atoms with Crippen LogP contribution >= 0.6 is 0 Å². The predicted molar refractivity (Wildman–Crippen MR) is 80.6 cm³/mol. The minimum atomic E-state index is 0.252. The molecule has 0 bridgehead atoms. The van der Waals surface area contributed by atoms with Crippen LogP contribution in [0.5, 0.6) is 0 Å². The summed E-state index contributed by atoms with van der Waals surface area (Å²) in [6, 6.07) is 1.73. The van der Waals surface area contributed by atoms with Gasteiger partial charge in [0.05, 0.1) is 6.54 Å². The van der Waals surface area contributed by atoms with E-state index in [9.17, 15) is 4.79 Å². The zero-order valence-electron chi connectivity index (χ0n) is 12.6. The fourth-order valence-electron chi connectivity index (χ4n) is 3.68. The zero-order chi connectivity index (χ0) is 13.8. The van der Waals surface area contributed by atoms with Crippen molar-refractivity contribution in [3.05, 3.63) is 0 Å². The van der Waals surface area contributed by atoms with Gasteiger partial charge < -0.3 is 10.6 Å². The summed E-state index contributed by atoms with van der Waals surface area (Å²) < 4.78 is 0. The molecule has 3 fully saturated rings. The van der Waals surface area contributed by atoms with E-state index in [4.69, 9.17) is 0 Å². The Morgan fingerprint density at radius 3 is 2.50 bits per heavy atom. The van der Waals surface area contributed by atoms with Crippen molar-refractivity contribution in [3.63, 3.8) is 0 Å². The number of nitrogens with zero attached hydrogens (tertiary/aromatic N) is 1. The van der Waals surface area contributed by atoms with Gasteiger partial charge >= 0.3 is 0 Å². The molecule has 1 atom stereocenters. The lowest BCUT2D eigenvalue weighted by Crippen LogP contribution is -2.46. The minimum absolute atomic E-state index is 0.252. The van der Waals surface area contributed by atoms with Gasteiger partial charge in [-0.1, -0.05) is 19.3 Å². The summed E-state index contributed by atoms with van der Waals surface area (Å²) in [6.07, 6.45) is 11.4. The van der Waals surface area contributed by atoms with E-state index in [2.05, 4.69) is 15.5 Å². The molecule has 4 heteroatoms. The van der Waals surface area contributed by atoms with E-state index in [1.54, 1.807) is 0 Å². The van der Waals surface area contributed by atoms with Gasteiger partial charge in [0.25, 0.3) is 0 Å². The Kier molecular flexibility index (Phi) is 4.94. The van der Waals surface area contributed by atoms with Gasteiger partial charge in [-0.2, -0.15) is 0 Å². The Bertz CT molecular complexity index is 318. The monoisotopic (exact) mass is 279 g/mol. The van der Waals surface area contributed by atoms with Crippen LogP contribution in [0.3, 0.4) is 0 Å². The van der Waals surface area contributed by atoms with Crippen LogP contribution in [0.2, 0.25) is 0 Å². The van der Waals surface area contributed by atoms with Crippen LogP contribution in [0, 0.1) is 0 Å². The molecule has 0 aromatic carbocycles. The van der Waals surface area contributed by atoms with Gasteiger partial charge in [-0.05, 0) is 45.1 Å². The smallest absolute Gasteiger partial charge is 0.234 e. The number of amides is 1. The first-order chi connectivity index (χ1) is 9.81. The van der Waals surface area contributed by atoms with Crippen molar-refractivity contribution in [1.29, 1.82) is 0 Å². The van der Waals surface area contributed by atoms with E-state index >= 15 is 0 Å². The van der Waals surface area contributed by atoms with Gasteiger partial charge in [-0.25, -0.2) is 0 Å². The van der Waals surface area contributed by atoms with Crippen molar-refractivity contribution >= 4 is 5.91 Å². The van der Waals surface area contributed by atoms with Gasteiger partial charge in [0.1, 0.15) is 0 Å². The molecule has 0 aromatic rings. The first kappa shape index (κ1) is 14.3. The Hall–Kier alpha value is -0.610. The first-order valence-electron chi connectivity index (χ1n) is 8.58. The van der Waals surface area contributed by atoms with E-state index < -0.39 is 0 Å². The van der Waals surface area contributed by atoms with Crippen molar-refractivity contribution in [2.45, 2.75) is 75.9 Å². The Morgan fingerprint density at radius 1 is 1.05 bits per heavy atom. The maximum absolute atomic E-state index is 12.3. The lowest BCUT2D eigenvalue weighted by Gasteiger charge is -2.27. The van der Waals surface area contributed by atoms with Gasteiger partial charge in [0.15, 0.2) is 0 Å². The average Bonchev–Trinajstić information content (AvgIpc) is 3.18. The van der Waals surface area contributed by atoms with Crippen LogP contribution in [0.25, 0.3) is 0 Å². The van der Waals surface area contributed by atoms with Crippen molar-refractivity contribution in [2.75, 3.05) is 19.6 Å². The Morgan fingerprint density at radius 2 is 1.85 bits per heavy atom. The molecule has 3 rings (SSSR count). The van der Waals surface area contributed by atoms with Crippen molar-refractivity contribution in [2.24, 2.45) is 0 Å². The molecule has 2 saturated carbocycles. The lowest BCUT2D eigenvalue weighted by atomic mass is 9.95. The summed E-state index contributed by atoms with van der Waals surface area (Å²) in [6.45, 7) is 2.82. The maximum atomic E-state index is 12.3. The first-order valence-corrected chi connectivity index (χ1v) is 8.58. The van der Waals surface area contributed by atoms with Crippen molar-refractivity contribution in [1.82, 2.24) is 15.5 Å². The number of nitrogens with one attached hydrogen (secondary N) is 2. The molecule has 1 amide bonds. The minimum Gasteiger partial charge on any atom is -0.352 e. The summed E-state index contributed by atoms with van der Waals surface area (Å²) in [7, 11) is 0. The molecule has 4 nitrogen and oxygen atoms in total. The summed E-state index contributed by atoms with van der Waals surface area (Å²) in [5.74, 6) is 0.252. The predicted octanol–water partition coefficient (Wildman–Crippen LogP) is 1.65. The summed E-state index contributed by atoms with van der Waals surface area (Å²) in [5.41, 5.74) is 0. The second kappa shape index (κ2) is 6.90. The average molecular weight is 279 g/mol. The van der Waals surface area contributed by atoms with Gasteiger partial charge in [-0.3, -0.25) is 9.69 Å². The number of carbonyl (C=O) groups excluding carboxylic acids is 1. The van der Waals surface area contributed by atoms with Crippen LogP contribution in [-0.2, 0) is 4.79 Å². The molecule has 0 radical (unpaired) electrons. The number of hydrogen-bond donors (Lipinski definition) is 2. The van der Waals surface area contributed by atoms with Gasteiger partial charge in [0.2, 0.25) is 5.91 Å². The Balaban J connectivity index is 1.44. The molecule has 3 aliphatic rings. The van der Waals surface area contributed by atoms with E-state index in [0.717, 1.165) is 13.1 Å². The molecule has 1 heterocycles. The molecule has 0 aromatic heterocycles. The molecule has 1 saturated heterocycles. The molecule has 0 spiro atoms. The second-order valence-corrected chi connectivity index (χ2v) is 6.86. The summed E-state index contributed by atoms with van der Waals surface area (Å²) in [4.78, 5) is 14.7. The highest BCUT2D eigenvalue weighted by Crippen LogP contribution is 2.27.